The van der Waals surface area contributed by atoms with Gasteiger partial charge in [0, 0.05) is 13.6 Å². The summed E-state index contributed by atoms with van der Waals surface area (Å²) in [6.07, 6.45) is 3.50. The average Bonchev–Trinajstić information content (AvgIpc) is 2.54. The van der Waals surface area contributed by atoms with Crippen LogP contribution in [0.25, 0.3) is 0 Å². The molecular formula is C15H30N2O2. The van der Waals surface area contributed by atoms with Gasteiger partial charge in [-0.2, -0.15) is 0 Å². The van der Waals surface area contributed by atoms with Crippen LogP contribution < -0.4 is 5.32 Å². The highest BCUT2D eigenvalue weighted by Crippen LogP contribution is 2.23. The van der Waals surface area contributed by atoms with Gasteiger partial charge in [-0.1, -0.05) is 6.92 Å². The zero-order valence-electron chi connectivity index (χ0n) is 13.2. The summed E-state index contributed by atoms with van der Waals surface area (Å²) in [6, 6.07) is 0. The average molecular weight is 270 g/mol. The van der Waals surface area contributed by atoms with Crippen molar-refractivity contribution >= 4 is 6.09 Å². The highest BCUT2D eigenvalue weighted by molar-refractivity contribution is 5.67. The minimum Gasteiger partial charge on any atom is -0.444 e. The first-order valence-corrected chi connectivity index (χ1v) is 7.44. The lowest BCUT2D eigenvalue weighted by Gasteiger charge is -2.29. The lowest BCUT2D eigenvalue weighted by Crippen LogP contribution is -2.38. The summed E-state index contributed by atoms with van der Waals surface area (Å²) in [6.45, 7) is 11.0. The monoisotopic (exact) mass is 270 g/mol. The number of ether oxygens (including phenoxy) is 1. The van der Waals surface area contributed by atoms with E-state index in [4.69, 9.17) is 4.74 Å². The Kier molecular flexibility index (Phi) is 6.11. The summed E-state index contributed by atoms with van der Waals surface area (Å²) < 4.78 is 5.39. The fourth-order valence-electron chi connectivity index (χ4n) is 2.61. The third-order valence-electron chi connectivity index (χ3n) is 3.69. The molecule has 0 spiro atoms. The molecular weight excluding hydrogens is 240 g/mol. The van der Waals surface area contributed by atoms with Gasteiger partial charge >= 0.3 is 6.09 Å². The van der Waals surface area contributed by atoms with Gasteiger partial charge in [0.15, 0.2) is 0 Å². The van der Waals surface area contributed by atoms with Crippen molar-refractivity contribution in [2.24, 2.45) is 11.8 Å². The molecule has 1 aliphatic heterocycles. The maximum Gasteiger partial charge on any atom is 0.410 e. The van der Waals surface area contributed by atoms with Crippen LogP contribution in [-0.2, 0) is 4.74 Å². The second-order valence-corrected chi connectivity index (χ2v) is 6.78. The molecule has 2 atom stereocenters. The molecule has 0 radical (unpaired) electrons. The molecule has 0 aromatic rings. The molecule has 4 heteroatoms. The lowest BCUT2D eigenvalue weighted by atomic mass is 9.87. The molecule has 0 aromatic heterocycles. The maximum atomic E-state index is 11.9. The van der Waals surface area contributed by atoms with E-state index in [0.717, 1.165) is 19.6 Å². The third-order valence-corrected chi connectivity index (χ3v) is 3.69. The highest BCUT2D eigenvalue weighted by Gasteiger charge is 2.24. The van der Waals surface area contributed by atoms with Crippen LogP contribution in [0, 0.1) is 11.8 Å². The smallest absolute Gasteiger partial charge is 0.410 e. The van der Waals surface area contributed by atoms with Crippen LogP contribution in [0.1, 0.15) is 47.0 Å². The second kappa shape index (κ2) is 7.13. The summed E-state index contributed by atoms with van der Waals surface area (Å²) in [5, 5.41) is 3.43. The van der Waals surface area contributed by atoms with Gasteiger partial charge in [-0.05, 0) is 65.0 Å². The maximum absolute atomic E-state index is 11.9. The molecule has 4 nitrogen and oxygen atoms in total. The number of carbonyl (C=O) groups excluding carboxylic acids is 1. The normalized spacial score (nSPS) is 22.5. The standard InChI is InChI=1S/C15H30N2O2/c1-12(13-7-6-9-16-10-8-13)11-17(5)14(18)19-15(2,3)4/h12-13,16H,6-11H2,1-5H3. The van der Waals surface area contributed by atoms with Gasteiger partial charge in [0.1, 0.15) is 5.60 Å². The third kappa shape index (κ3) is 6.28. The van der Waals surface area contributed by atoms with Crippen molar-refractivity contribution in [3.05, 3.63) is 0 Å². The van der Waals surface area contributed by atoms with E-state index in [-0.39, 0.29) is 6.09 Å². The molecule has 19 heavy (non-hydrogen) atoms. The fraction of sp³-hybridized carbons (Fsp3) is 0.933. The van der Waals surface area contributed by atoms with Crippen molar-refractivity contribution in [1.29, 1.82) is 0 Å². The minimum absolute atomic E-state index is 0.217. The van der Waals surface area contributed by atoms with E-state index in [2.05, 4.69) is 12.2 Å². The van der Waals surface area contributed by atoms with E-state index >= 15 is 0 Å². The van der Waals surface area contributed by atoms with Crippen molar-refractivity contribution in [1.82, 2.24) is 10.2 Å². The topological polar surface area (TPSA) is 41.6 Å². The van der Waals surface area contributed by atoms with Gasteiger partial charge in [-0.3, -0.25) is 0 Å². The molecule has 1 amide bonds. The van der Waals surface area contributed by atoms with Crippen molar-refractivity contribution < 1.29 is 9.53 Å². The molecule has 1 N–H and O–H groups in total. The van der Waals surface area contributed by atoms with E-state index in [9.17, 15) is 4.79 Å². The van der Waals surface area contributed by atoms with Crippen molar-refractivity contribution in [2.45, 2.75) is 52.6 Å². The van der Waals surface area contributed by atoms with E-state index in [0.29, 0.717) is 11.8 Å². The molecule has 1 heterocycles. The first-order chi connectivity index (χ1) is 8.79. The molecule has 112 valence electrons. The summed E-state index contributed by atoms with van der Waals surface area (Å²) in [4.78, 5) is 13.7. The Bertz CT molecular complexity index is 278. The molecule has 0 bridgehead atoms. The van der Waals surface area contributed by atoms with Gasteiger partial charge in [0.2, 0.25) is 0 Å². The molecule has 2 unspecified atom stereocenters. The Morgan fingerprint density at radius 2 is 2.05 bits per heavy atom. The number of nitrogens with zero attached hydrogens (tertiary/aromatic N) is 1. The van der Waals surface area contributed by atoms with Gasteiger partial charge < -0.3 is 15.0 Å². The van der Waals surface area contributed by atoms with Crippen LogP contribution in [-0.4, -0.2) is 43.3 Å². The van der Waals surface area contributed by atoms with Gasteiger partial charge in [-0.25, -0.2) is 4.79 Å². The minimum atomic E-state index is -0.416. The summed E-state index contributed by atoms with van der Waals surface area (Å²) in [7, 11) is 1.83. The number of nitrogens with one attached hydrogen (secondary N) is 1. The van der Waals surface area contributed by atoms with E-state index < -0.39 is 5.60 Å². The Labute approximate surface area is 117 Å². The zero-order chi connectivity index (χ0) is 14.5. The molecule has 1 fully saturated rings. The van der Waals surface area contributed by atoms with Gasteiger partial charge in [-0.15, -0.1) is 0 Å². The largest absolute Gasteiger partial charge is 0.444 e. The number of amides is 1. The Balaban J connectivity index is 2.41. The van der Waals surface area contributed by atoms with Crippen LogP contribution in [0.3, 0.4) is 0 Å². The highest BCUT2D eigenvalue weighted by atomic mass is 16.6. The molecule has 0 saturated carbocycles. The molecule has 1 aliphatic rings. The van der Waals surface area contributed by atoms with E-state index in [1.165, 1.54) is 19.3 Å². The van der Waals surface area contributed by atoms with Crippen molar-refractivity contribution in [3.8, 4) is 0 Å². The molecule has 0 aromatic carbocycles. The summed E-state index contributed by atoms with van der Waals surface area (Å²) in [5.74, 6) is 1.23. The quantitative estimate of drug-likeness (QED) is 0.857. The van der Waals surface area contributed by atoms with Crippen LogP contribution in [0.15, 0.2) is 0 Å². The van der Waals surface area contributed by atoms with E-state index in [1.807, 2.05) is 27.8 Å². The second-order valence-electron chi connectivity index (χ2n) is 6.78. The van der Waals surface area contributed by atoms with Crippen LogP contribution in [0.4, 0.5) is 4.79 Å². The Hall–Kier alpha value is -0.770. The molecule has 0 aliphatic carbocycles. The van der Waals surface area contributed by atoms with Gasteiger partial charge in [0.25, 0.3) is 0 Å². The first kappa shape index (κ1) is 16.3. The van der Waals surface area contributed by atoms with Crippen LogP contribution in [0.5, 0.6) is 0 Å². The van der Waals surface area contributed by atoms with Gasteiger partial charge in [0.05, 0.1) is 0 Å². The van der Waals surface area contributed by atoms with Crippen molar-refractivity contribution in [3.63, 3.8) is 0 Å². The van der Waals surface area contributed by atoms with Crippen molar-refractivity contribution in [2.75, 3.05) is 26.7 Å². The molecule has 1 rings (SSSR count). The summed E-state index contributed by atoms with van der Waals surface area (Å²) in [5.41, 5.74) is -0.416. The zero-order valence-corrected chi connectivity index (χ0v) is 13.2. The fourth-order valence-corrected chi connectivity index (χ4v) is 2.61. The SMILES string of the molecule is CC(CN(C)C(=O)OC(C)(C)C)C1CCCNCC1. The number of rotatable bonds is 3. The number of hydrogen-bond acceptors (Lipinski definition) is 3. The predicted octanol–water partition coefficient (Wildman–Crippen LogP) is 2.88. The lowest BCUT2D eigenvalue weighted by molar-refractivity contribution is 0.0259. The predicted molar refractivity (Wildman–Crippen MR) is 78.2 cm³/mol. The van der Waals surface area contributed by atoms with Crippen LogP contribution in [0.2, 0.25) is 0 Å². The van der Waals surface area contributed by atoms with E-state index in [1.54, 1.807) is 4.90 Å². The Morgan fingerprint density at radius 3 is 2.68 bits per heavy atom. The first-order valence-electron chi connectivity index (χ1n) is 7.44. The molecule has 1 saturated heterocycles. The number of carbonyl (C=O) groups is 1. The summed E-state index contributed by atoms with van der Waals surface area (Å²) >= 11 is 0. The Morgan fingerprint density at radius 1 is 1.37 bits per heavy atom. The number of hydrogen-bond donors (Lipinski definition) is 1. The van der Waals surface area contributed by atoms with Crippen LogP contribution >= 0.6 is 0 Å².